The van der Waals surface area contributed by atoms with Gasteiger partial charge in [-0.2, -0.15) is 0 Å². The highest BCUT2D eigenvalue weighted by molar-refractivity contribution is 6.04. The van der Waals surface area contributed by atoms with Crippen molar-refractivity contribution in [3.63, 3.8) is 0 Å². The van der Waals surface area contributed by atoms with Gasteiger partial charge in [-0.3, -0.25) is 9.59 Å². The van der Waals surface area contributed by atoms with Crippen LogP contribution in [-0.2, 0) is 16.0 Å². The number of carbonyl (C=O) groups excluding carboxylic acids is 2. The van der Waals surface area contributed by atoms with Crippen LogP contribution in [0, 0.1) is 0 Å². The molecule has 0 aliphatic carbocycles. The highest BCUT2D eigenvalue weighted by atomic mass is 16.3. The number of aliphatic hydroxyl groups excluding tert-OH is 1. The summed E-state index contributed by atoms with van der Waals surface area (Å²) in [6, 6.07) is 7.52. The number of hydrogen-bond donors (Lipinski definition) is 2. The van der Waals surface area contributed by atoms with Crippen LogP contribution in [0.1, 0.15) is 12.0 Å². The number of benzene rings is 1. The smallest absolute Gasteiger partial charge is 0.246 e. The number of piperazine rings is 1. The van der Waals surface area contributed by atoms with Crippen molar-refractivity contribution in [2.45, 2.75) is 12.8 Å². The van der Waals surface area contributed by atoms with Crippen LogP contribution < -0.4 is 10.2 Å². The van der Waals surface area contributed by atoms with Crippen LogP contribution in [0.4, 0.5) is 5.69 Å². The number of aryl methyl sites for hydroxylation is 1. The molecule has 2 N–H and O–H groups in total. The number of nitrogens with zero attached hydrogens (tertiary/aromatic N) is 1. The van der Waals surface area contributed by atoms with E-state index in [1.165, 1.54) is 4.90 Å². The van der Waals surface area contributed by atoms with E-state index in [1.54, 1.807) is 0 Å². The van der Waals surface area contributed by atoms with E-state index in [0.717, 1.165) is 24.1 Å². The van der Waals surface area contributed by atoms with Crippen molar-refractivity contribution in [3.05, 3.63) is 29.8 Å². The molecule has 18 heavy (non-hydrogen) atoms. The standard InChI is InChI=1S/C13H16N2O3/c16-7-1-2-10-3-5-11(6-4-10)15-9-12(17)14-8-13(15)18/h3-6,16H,1-2,7-9H2,(H,14,17). The Morgan fingerprint density at radius 2 is 1.94 bits per heavy atom. The summed E-state index contributed by atoms with van der Waals surface area (Å²) in [5.74, 6) is -0.239. The molecule has 1 saturated heterocycles. The second kappa shape index (κ2) is 5.64. The molecule has 0 atom stereocenters. The average molecular weight is 248 g/mol. The molecule has 0 spiro atoms. The predicted molar refractivity (Wildman–Crippen MR) is 67.2 cm³/mol. The molecule has 0 bridgehead atoms. The van der Waals surface area contributed by atoms with Gasteiger partial charge >= 0.3 is 0 Å². The Morgan fingerprint density at radius 1 is 1.22 bits per heavy atom. The predicted octanol–water partition coefficient (Wildman–Crippen LogP) is 0.0743. The molecule has 1 fully saturated rings. The molecule has 1 aliphatic rings. The van der Waals surface area contributed by atoms with E-state index in [1.807, 2.05) is 24.3 Å². The third-order valence-electron chi connectivity index (χ3n) is 2.91. The number of aliphatic hydroxyl groups is 1. The monoisotopic (exact) mass is 248 g/mol. The van der Waals surface area contributed by atoms with E-state index in [-0.39, 0.29) is 31.5 Å². The maximum absolute atomic E-state index is 11.7. The Bertz CT molecular complexity index is 442. The minimum atomic E-state index is -0.140. The zero-order valence-electron chi connectivity index (χ0n) is 10.1. The van der Waals surface area contributed by atoms with Gasteiger partial charge in [0.15, 0.2) is 0 Å². The zero-order chi connectivity index (χ0) is 13.0. The van der Waals surface area contributed by atoms with E-state index < -0.39 is 0 Å². The first-order chi connectivity index (χ1) is 8.70. The maximum atomic E-state index is 11.7. The molecule has 2 amide bonds. The van der Waals surface area contributed by atoms with Gasteiger partial charge in [-0.05, 0) is 30.5 Å². The lowest BCUT2D eigenvalue weighted by molar-refractivity contribution is -0.128. The van der Waals surface area contributed by atoms with E-state index >= 15 is 0 Å². The maximum Gasteiger partial charge on any atom is 0.246 e. The first kappa shape index (κ1) is 12.6. The van der Waals surface area contributed by atoms with Crippen molar-refractivity contribution in [1.82, 2.24) is 5.32 Å². The summed E-state index contributed by atoms with van der Waals surface area (Å²) in [7, 11) is 0. The summed E-state index contributed by atoms with van der Waals surface area (Å²) in [6.07, 6.45) is 1.54. The topological polar surface area (TPSA) is 69.6 Å². The Morgan fingerprint density at radius 3 is 2.61 bits per heavy atom. The molecular formula is C13H16N2O3. The number of anilines is 1. The Labute approximate surface area is 105 Å². The van der Waals surface area contributed by atoms with Crippen molar-refractivity contribution in [3.8, 4) is 0 Å². The zero-order valence-corrected chi connectivity index (χ0v) is 10.1. The minimum absolute atomic E-state index is 0.0606. The van der Waals surface area contributed by atoms with E-state index in [0.29, 0.717) is 0 Å². The summed E-state index contributed by atoms with van der Waals surface area (Å²) in [6.45, 7) is 0.312. The molecule has 5 heteroatoms. The van der Waals surface area contributed by atoms with Gasteiger partial charge in [-0.1, -0.05) is 12.1 Å². The first-order valence-corrected chi connectivity index (χ1v) is 5.97. The van der Waals surface area contributed by atoms with Gasteiger partial charge < -0.3 is 15.3 Å². The molecule has 0 radical (unpaired) electrons. The number of nitrogens with one attached hydrogen (secondary N) is 1. The molecular weight excluding hydrogens is 232 g/mol. The Balaban J connectivity index is 2.08. The van der Waals surface area contributed by atoms with E-state index in [9.17, 15) is 9.59 Å². The molecule has 1 aromatic rings. The summed E-state index contributed by atoms with van der Waals surface area (Å²) in [4.78, 5) is 24.4. The quantitative estimate of drug-likeness (QED) is 0.792. The van der Waals surface area contributed by atoms with Gasteiger partial charge in [0.2, 0.25) is 11.8 Å². The SMILES string of the molecule is O=C1CN(c2ccc(CCCO)cc2)C(=O)CN1. The van der Waals surface area contributed by atoms with Crippen LogP contribution in [0.25, 0.3) is 0 Å². The van der Waals surface area contributed by atoms with Crippen LogP contribution in [0.15, 0.2) is 24.3 Å². The minimum Gasteiger partial charge on any atom is -0.396 e. The largest absolute Gasteiger partial charge is 0.396 e. The highest BCUT2D eigenvalue weighted by Crippen LogP contribution is 2.17. The Kier molecular flexibility index (Phi) is 3.94. The van der Waals surface area contributed by atoms with E-state index in [4.69, 9.17) is 5.11 Å². The number of carbonyl (C=O) groups is 2. The number of rotatable bonds is 4. The molecule has 0 aromatic heterocycles. The van der Waals surface area contributed by atoms with Crippen LogP contribution in [-0.4, -0.2) is 36.6 Å². The van der Waals surface area contributed by atoms with Crippen molar-refractivity contribution in [2.75, 3.05) is 24.6 Å². The third kappa shape index (κ3) is 2.87. The van der Waals surface area contributed by atoms with Crippen LogP contribution in [0.3, 0.4) is 0 Å². The summed E-state index contributed by atoms with van der Waals surface area (Å²) < 4.78 is 0. The fraction of sp³-hybridized carbons (Fsp3) is 0.385. The van der Waals surface area contributed by atoms with Gasteiger partial charge in [-0.25, -0.2) is 0 Å². The molecule has 1 heterocycles. The van der Waals surface area contributed by atoms with Gasteiger partial charge in [0.25, 0.3) is 0 Å². The van der Waals surface area contributed by atoms with Crippen molar-refractivity contribution < 1.29 is 14.7 Å². The van der Waals surface area contributed by atoms with Crippen LogP contribution in [0.5, 0.6) is 0 Å². The van der Waals surface area contributed by atoms with Crippen molar-refractivity contribution in [1.29, 1.82) is 0 Å². The Hall–Kier alpha value is -1.88. The first-order valence-electron chi connectivity index (χ1n) is 5.97. The second-order valence-electron chi connectivity index (χ2n) is 4.25. The third-order valence-corrected chi connectivity index (χ3v) is 2.91. The van der Waals surface area contributed by atoms with Gasteiger partial charge in [0.1, 0.15) is 6.54 Å². The van der Waals surface area contributed by atoms with E-state index in [2.05, 4.69) is 5.32 Å². The van der Waals surface area contributed by atoms with Gasteiger partial charge in [0, 0.05) is 12.3 Å². The van der Waals surface area contributed by atoms with Gasteiger partial charge in [0.05, 0.1) is 6.54 Å². The second-order valence-corrected chi connectivity index (χ2v) is 4.25. The number of hydrogen-bond acceptors (Lipinski definition) is 3. The lowest BCUT2D eigenvalue weighted by Crippen LogP contribution is -2.51. The molecule has 96 valence electrons. The normalized spacial score (nSPS) is 15.7. The van der Waals surface area contributed by atoms with Crippen molar-refractivity contribution in [2.24, 2.45) is 0 Å². The highest BCUT2D eigenvalue weighted by Gasteiger charge is 2.24. The van der Waals surface area contributed by atoms with Crippen molar-refractivity contribution >= 4 is 17.5 Å². The molecule has 1 aromatic carbocycles. The molecule has 0 unspecified atom stereocenters. The fourth-order valence-corrected chi connectivity index (χ4v) is 1.92. The summed E-state index contributed by atoms with van der Waals surface area (Å²) in [5, 5.41) is 11.3. The fourth-order valence-electron chi connectivity index (χ4n) is 1.92. The van der Waals surface area contributed by atoms with Gasteiger partial charge in [-0.15, -0.1) is 0 Å². The summed E-state index contributed by atoms with van der Waals surface area (Å²) >= 11 is 0. The summed E-state index contributed by atoms with van der Waals surface area (Å²) in [5.41, 5.74) is 1.85. The molecule has 0 saturated carbocycles. The lowest BCUT2D eigenvalue weighted by Gasteiger charge is -2.26. The molecule has 1 aliphatic heterocycles. The average Bonchev–Trinajstić information content (AvgIpc) is 2.40. The van der Waals surface area contributed by atoms with Crippen LogP contribution in [0.2, 0.25) is 0 Å². The van der Waals surface area contributed by atoms with Crippen LogP contribution >= 0.6 is 0 Å². The lowest BCUT2D eigenvalue weighted by atomic mass is 10.1. The molecule has 2 rings (SSSR count). The number of amides is 2. The molecule has 5 nitrogen and oxygen atoms in total.